The Hall–Kier alpha value is -0.590. The van der Waals surface area contributed by atoms with Gasteiger partial charge in [-0.1, -0.05) is 38.3 Å². The topological polar surface area (TPSA) is 17.1 Å². The molecular formula is C15H28O. The van der Waals surface area contributed by atoms with Crippen molar-refractivity contribution in [3.63, 3.8) is 0 Å². The molecule has 0 aromatic rings. The monoisotopic (exact) mass is 224 g/mol. The van der Waals surface area contributed by atoms with Gasteiger partial charge >= 0.3 is 0 Å². The normalized spacial score (nSPS) is 12.2. The SMILES string of the molecule is CCCCCC(=O)CC(C)CCC=C(C)C. The van der Waals surface area contributed by atoms with Gasteiger partial charge in [-0.25, -0.2) is 0 Å². The number of carbonyl (C=O) groups is 1. The maximum absolute atomic E-state index is 11.6. The van der Waals surface area contributed by atoms with E-state index >= 15 is 0 Å². The minimum Gasteiger partial charge on any atom is -0.300 e. The number of rotatable bonds is 9. The summed E-state index contributed by atoms with van der Waals surface area (Å²) in [6.45, 7) is 8.62. The van der Waals surface area contributed by atoms with E-state index in [-0.39, 0.29) is 0 Å². The van der Waals surface area contributed by atoms with E-state index in [9.17, 15) is 4.79 Å². The van der Waals surface area contributed by atoms with Crippen LogP contribution < -0.4 is 0 Å². The van der Waals surface area contributed by atoms with Crippen LogP contribution >= 0.6 is 0 Å². The highest BCUT2D eigenvalue weighted by molar-refractivity contribution is 5.78. The van der Waals surface area contributed by atoms with Crippen LogP contribution in [-0.2, 0) is 4.79 Å². The van der Waals surface area contributed by atoms with Gasteiger partial charge in [0.15, 0.2) is 0 Å². The summed E-state index contributed by atoms with van der Waals surface area (Å²) < 4.78 is 0. The molecule has 0 aliphatic rings. The lowest BCUT2D eigenvalue weighted by molar-refractivity contribution is -0.120. The molecule has 1 atom stereocenters. The van der Waals surface area contributed by atoms with Crippen LogP contribution in [0, 0.1) is 5.92 Å². The zero-order chi connectivity index (χ0) is 12.4. The first kappa shape index (κ1) is 15.4. The highest BCUT2D eigenvalue weighted by Gasteiger charge is 2.07. The molecule has 0 aliphatic carbocycles. The molecule has 0 radical (unpaired) electrons. The number of carbonyl (C=O) groups excluding carboxylic acids is 1. The van der Waals surface area contributed by atoms with Crippen LogP contribution in [0.25, 0.3) is 0 Å². The van der Waals surface area contributed by atoms with E-state index in [0.717, 1.165) is 32.1 Å². The second kappa shape index (κ2) is 9.62. The number of allylic oxidation sites excluding steroid dienone is 2. The van der Waals surface area contributed by atoms with Gasteiger partial charge < -0.3 is 0 Å². The fourth-order valence-corrected chi connectivity index (χ4v) is 1.82. The third-order valence-corrected chi connectivity index (χ3v) is 2.85. The standard InChI is InChI=1S/C15H28O/c1-5-6-7-11-15(16)12-14(4)10-8-9-13(2)3/h9,14H,5-8,10-12H2,1-4H3. The van der Waals surface area contributed by atoms with Gasteiger partial charge in [-0.3, -0.25) is 4.79 Å². The lowest BCUT2D eigenvalue weighted by Gasteiger charge is -2.08. The maximum atomic E-state index is 11.6. The van der Waals surface area contributed by atoms with Crippen LogP contribution in [0.1, 0.15) is 72.6 Å². The highest BCUT2D eigenvalue weighted by atomic mass is 16.1. The average molecular weight is 224 g/mol. The number of unbranched alkanes of at least 4 members (excludes halogenated alkanes) is 2. The Morgan fingerprint density at radius 2 is 1.94 bits per heavy atom. The number of hydrogen-bond acceptors (Lipinski definition) is 1. The Balaban J connectivity index is 3.58. The van der Waals surface area contributed by atoms with Crippen molar-refractivity contribution in [2.24, 2.45) is 5.92 Å². The molecule has 0 aromatic carbocycles. The molecule has 1 heteroatoms. The van der Waals surface area contributed by atoms with Crippen LogP contribution in [0.4, 0.5) is 0 Å². The third-order valence-electron chi connectivity index (χ3n) is 2.85. The Morgan fingerprint density at radius 1 is 1.25 bits per heavy atom. The Morgan fingerprint density at radius 3 is 2.50 bits per heavy atom. The van der Waals surface area contributed by atoms with Gasteiger partial charge in [-0.05, 0) is 39.0 Å². The molecular weight excluding hydrogens is 196 g/mol. The second-order valence-electron chi connectivity index (χ2n) is 5.16. The first-order valence-corrected chi connectivity index (χ1v) is 6.71. The van der Waals surface area contributed by atoms with E-state index < -0.39 is 0 Å². The van der Waals surface area contributed by atoms with Gasteiger partial charge in [0.2, 0.25) is 0 Å². The van der Waals surface area contributed by atoms with E-state index in [2.05, 4.69) is 33.8 Å². The summed E-state index contributed by atoms with van der Waals surface area (Å²) in [4.78, 5) is 11.6. The molecule has 0 heterocycles. The second-order valence-corrected chi connectivity index (χ2v) is 5.16. The van der Waals surface area contributed by atoms with E-state index in [1.165, 1.54) is 18.4 Å². The van der Waals surface area contributed by atoms with Crippen molar-refractivity contribution in [2.45, 2.75) is 72.6 Å². The van der Waals surface area contributed by atoms with Crippen molar-refractivity contribution in [3.05, 3.63) is 11.6 Å². The fourth-order valence-electron chi connectivity index (χ4n) is 1.82. The molecule has 0 rings (SSSR count). The molecule has 0 saturated heterocycles. The van der Waals surface area contributed by atoms with Gasteiger partial charge in [0, 0.05) is 12.8 Å². The summed E-state index contributed by atoms with van der Waals surface area (Å²) in [6.07, 6.45) is 9.56. The van der Waals surface area contributed by atoms with Crippen molar-refractivity contribution in [3.8, 4) is 0 Å². The van der Waals surface area contributed by atoms with Crippen LogP contribution in [0.2, 0.25) is 0 Å². The van der Waals surface area contributed by atoms with Crippen molar-refractivity contribution < 1.29 is 4.79 Å². The molecule has 0 aliphatic heterocycles. The predicted molar refractivity (Wildman–Crippen MR) is 71.6 cm³/mol. The predicted octanol–water partition coefficient (Wildman–Crippen LogP) is 4.91. The molecule has 1 nitrogen and oxygen atoms in total. The molecule has 16 heavy (non-hydrogen) atoms. The number of Topliss-reactive ketones (excluding diaryl/α,β-unsaturated/α-hetero) is 1. The molecule has 0 saturated carbocycles. The number of ketones is 1. The fraction of sp³-hybridized carbons (Fsp3) is 0.800. The van der Waals surface area contributed by atoms with Gasteiger partial charge in [0.1, 0.15) is 5.78 Å². The summed E-state index contributed by atoms with van der Waals surface area (Å²) in [5.41, 5.74) is 1.38. The van der Waals surface area contributed by atoms with E-state index in [1.807, 2.05) is 0 Å². The summed E-state index contributed by atoms with van der Waals surface area (Å²) in [5, 5.41) is 0. The van der Waals surface area contributed by atoms with Gasteiger partial charge in [-0.2, -0.15) is 0 Å². The van der Waals surface area contributed by atoms with Crippen LogP contribution in [0.5, 0.6) is 0 Å². The lowest BCUT2D eigenvalue weighted by atomic mass is 9.96. The van der Waals surface area contributed by atoms with Crippen molar-refractivity contribution in [1.29, 1.82) is 0 Å². The Labute approximate surface area is 101 Å². The van der Waals surface area contributed by atoms with Gasteiger partial charge in [0.05, 0.1) is 0 Å². The summed E-state index contributed by atoms with van der Waals surface area (Å²) in [6, 6.07) is 0. The molecule has 1 unspecified atom stereocenters. The van der Waals surface area contributed by atoms with E-state index in [1.54, 1.807) is 0 Å². The minimum absolute atomic E-state index is 0.457. The van der Waals surface area contributed by atoms with Crippen molar-refractivity contribution in [1.82, 2.24) is 0 Å². The van der Waals surface area contributed by atoms with Crippen molar-refractivity contribution >= 4 is 5.78 Å². The summed E-state index contributed by atoms with van der Waals surface area (Å²) in [7, 11) is 0. The van der Waals surface area contributed by atoms with Crippen LogP contribution in [-0.4, -0.2) is 5.78 Å². The number of hydrogen-bond donors (Lipinski definition) is 0. The third kappa shape index (κ3) is 9.95. The molecule has 0 amide bonds. The Bertz CT molecular complexity index is 211. The van der Waals surface area contributed by atoms with Crippen LogP contribution in [0.3, 0.4) is 0 Å². The zero-order valence-electron chi connectivity index (χ0n) is 11.5. The molecule has 0 N–H and O–H groups in total. The summed E-state index contributed by atoms with van der Waals surface area (Å²) >= 11 is 0. The van der Waals surface area contributed by atoms with E-state index in [0.29, 0.717) is 11.7 Å². The van der Waals surface area contributed by atoms with Crippen molar-refractivity contribution in [2.75, 3.05) is 0 Å². The zero-order valence-corrected chi connectivity index (χ0v) is 11.5. The van der Waals surface area contributed by atoms with E-state index in [4.69, 9.17) is 0 Å². The first-order chi connectivity index (χ1) is 7.56. The van der Waals surface area contributed by atoms with Gasteiger partial charge in [-0.15, -0.1) is 0 Å². The Kier molecular flexibility index (Phi) is 9.27. The largest absolute Gasteiger partial charge is 0.300 e. The van der Waals surface area contributed by atoms with Crippen LogP contribution in [0.15, 0.2) is 11.6 Å². The molecule has 94 valence electrons. The average Bonchev–Trinajstić information content (AvgIpc) is 2.17. The summed E-state index contributed by atoms with van der Waals surface area (Å²) in [5.74, 6) is 1.00. The molecule has 0 aromatic heterocycles. The first-order valence-electron chi connectivity index (χ1n) is 6.71. The maximum Gasteiger partial charge on any atom is 0.133 e. The lowest BCUT2D eigenvalue weighted by Crippen LogP contribution is -2.05. The van der Waals surface area contributed by atoms with Gasteiger partial charge in [0.25, 0.3) is 0 Å². The molecule has 0 fully saturated rings. The smallest absolute Gasteiger partial charge is 0.133 e. The quantitative estimate of drug-likeness (QED) is 0.402. The minimum atomic E-state index is 0.457. The molecule has 0 bridgehead atoms. The molecule has 0 spiro atoms. The highest BCUT2D eigenvalue weighted by Crippen LogP contribution is 2.14.